The summed E-state index contributed by atoms with van der Waals surface area (Å²) in [6, 6.07) is 12.5. The zero-order valence-corrected chi connectivity index (χ0v) is 13.0. The maximum atomic E-state index is 13.8. The van der Waals surface area contributed by atoms with Crippen molar-refractivity contribution in [3.8, 4) is 11.5 Å². The molecule has 22 heavy (non-hydrogen) atoms. The fraction of sp³-hybridized carbons (Fsp3) is 0.333. The van der Waals surface area contributed by atoms with E-state index >= 15 is 0 Å². The van der Waals surface area contributed by atoms with Gasteiger partial charge in [-0.15, -0.1) is 0 Å². The molecule has 2 aromatic carbocycles. The van der Waals surface area contributed by atoms with E-state index in [9.17, 15) is 4.39 Å². The number of benzene rings is 2. The van der Waals surface area contributed by atoms with E-state index in [0.29, 0.717) is 36.6 Å². The molecule has 0 saturated carbocycles. The molecular weight excluding hydrogens is 281 g/mol. The van der Waals surface area contributed by atoms with Gasteiger partial charge in [-0.25, -0.2) is 4.39 Å². The number of nitrogens with two attached hydrogens (primary N) is 1. The summed E-state index contributed by atoms with van der Waals surface area (Å²) >= 11 is 0. The number of aryl methyl sites for hydroxylation is 1. The predicted molar refractivity (Wildman–Crippen MR) is 86.0 cm³/mol. The van der Waals surface area contributed by atoms with Gasteiger partial charge < -0.3 is 15.2 Å². The van der Waals surface area contributed by atoms with E-state index in [0.717, 1.165) is 5.56 Å². The van der Waals surface area contributed by atoms with Gasteiger partial charge in [-0.05, 0) is 49.2 Å². The maximum absolute atomic E-state index is 13.8. The topological polar surface area (TPSA) is 44.5 Å². The zero-order valence-electron chi connectivity index (χ0n) is 13.0. The van der Waals surface area contributed by atoms with Crippen LogP contribution in [0.1, 0.15) is 23.5 Å². The second-order valence-electron chi connectivity index (χ2n) is 5.25. The Balaban J connectivity index is 1.99. The van der Waals surface area contributed by atoms with E-state index in [4.69, 9.17) is 15.2 Å². The summed E-state index contributed by atoms with van der Waals surface area (Å²) in [5.41, 5.74) is 7.53. The van der Waals surface area contributed by atoms with Crippen LogP contribution in [-0.2, 0) is 0 Å². The van der Waals surface area contributed by atoms with Crippen LogP contribution in [0.5, 0.6) is 11.5 Å². The van der Waals surface area contributed by atoms with Crippen LogP contribution in [0, 0.1) is 12.7 Å². The molecule has 1 atom stereocenters. The lowest BCUT2D eigenvalue weighted by molar-refractivity contribution is 0.279. The molecule has 0 amide bonds. The summed E-state index contributed by atoms with van der Waals surface area (Å²) in [6.45, 7) is 2.83. The zero-order chi connectivity index (χ0) is 15.9. The number of halogens is 1. The van der Waals surface area contributed by atoms with E-state index in [2.05, 4.69) is 0 Å². The van der Waals surface area contributed by atoms with Crippen LogP contribution in [0.4, 0.5) is 4.39 Å². The molecule has 0 fully saturated rings. The summed E-state index contributed by atoms with van der Waals surface area (Å²) in [5.74, 6) is 1.12. The molecule has 0 aromatic heterocycles. The molecule has 0 saturated heterocycles. The van der Waals surface area contributed by atoms with Gasteiger partial charge in [0.25, 0.3) is 0 Å². The van der Waals surface area contributed by atoms with Crippen molar-refractivity contribution in [2.24, 2.45) is 5.73 Å². The highest BCUT2D eigenvalue weighted by atomic mass is 19.1. The lowest BCUT2D eigenvalue weighted by atomic mass is 9.96. The van der Waals surface area contributed by atoms with Crippen LogP contribution in [0.15, 0.2) is 42.5 Å². The number of hydrogen-bond donors (Lipinski definition) is 1. The largest absolute Gasteiger partial charge is 0.493 e. The second kappa shape index (κ2) is 7.80. The van der Waals surface area contributed by atoms with Crippen molar-refractivity contribution < 1.29 is 13.9 Å². The molecule has 0 heterocycles. The van der Waals surface area contributed by atoms with Crippen molar-refractivity contribution >= 4 is 0 Å². The number of hydrogen-bond acceptors (Lipinski definition) is 3. The number of methoxy groups -OCH3 is 1. The van der Waals surface area contributed by atoms with Gasteiger partial charge >= 0.3 is 0 Å². The molecule has 0 aliphatic carbocycles. The molecule has 0 aliphatic heterocycles. The maximum Gasteiger partial charge on any atom is 0.161 e. The SMILES string of the molecule is COc1cc(C)ccc1OCCC(CN)c1ccccc1F. The normalized spacial score (nSPS) is 12.0. The first-order chi connectivity index (χ1) is 10.7. The molecule has 4 heteroatoms. The molecule has 2 rings (SSSR count). The minimum Gasteiger partial charge on any atom is -0.493 e. The van der Waals surface area contributed by atoms with Gasteiger partial charge in [0.2, 0.25) is 0 Å². The van der Waals surface area contributed by atoms with Crippen molar-refractivity contribution in [2.45, 2.75) is 19.3 Å². The van der Waals surface area contributed by atoms with Crippen molar-refractivity contribution in [1.82, 2.24) is 0 Å². The molecule has 2 N–H and O–H groups in total. The third kappa shape index (κ3) is 3.98. The standard InChI is InChI=1S/C18H22FNO2/c1-13-7-8-17(18(11-13)21-2)22-10-9-14(12-20)15-5-3-4-6-16(15)19/h3-8,11,14H,9-10,12,20H2,1-2H3. The number of rotatable bonds is 7. The van der Waals surface area contributed by atoms with Crippen LogP contribution in [0.3, 0.4) is 0 Å². The molecule has 0 radical (unpaired) electrons. The fourth-order valence-corrected chi connectivity index (χ4v) is 2.41. The van der Waals surface area contributed by atoms with Gasteiger partial charge in [0.1, 0.15) is 5.82 Å². The molecule has 0 aliphatic rings. The monoisotopic (exact) mass is 303 g/mol. The Hall–Kier alpha value is -2.07. The summed E-state index contributed by atoms with van der Waals surface area (Å²) in [6.07, 6.45) is 0.647. The first-order valence-corrected chi connectivity index (χ1v) is 7.37. The second-order valence-corrected chi connectivity index (χ2v) is 5.25. The van der Waals surface area contributed by atoms with Crippen LogP contribution >= 0.6 is 0 Å². The summed E-state index contributed by atoms with van der Waals surface area (Å²) in [4.78, 5) is 0. The molecule has 1 unspecified atom stereocenters. The van der Waals surface area contributed by atoms with Gasteiger partial charge in [0.15, 0.2) is 11.5 Å². The average molecular weight is 303 g/mol. The van der Waals surface area contributed by atoms with Gasteiger partial charge in [0, 0.05) is 5.92 Å². The smallest absolute Gasteiger partial charge is 0.161 e. The van der Waals surface area contributed by atoms with Crippen molar-refractivity contribution in [3.63, 3.8) is 0 Å². The van der Waals surface area contributed by atoms with Crippen molar-refractivity contribution in [1.29, 1.82) is 0 Å². The Kier molecular flexibility index (Phi) is 5.78. The van der Waals surface area contributed by atoms with Gasteiger partial charge in [-0.2, -0.15) is 0 Å². The van der Waals surface area contributed by atoms with E-state index in [1.807, 2.05) is 31.2 Å². The Labute approximate surface area is 130 Å². The lowest BCUT2D eigenvalue weighted by Crippen LogP contribution is -2.17. The Bertz CT molecular complexity index is 616. The first kappa shape index (κ1) is 16.3. The van der Waals surface area contributed by atoms with E-state index in [1.165, 1.54) is 6.07 Å². The molecular formula is C18H22FNO2. The van der Waals surface area contributed by atoms with Gasteiger partial charge in [-0.3, -0.25) is 0 Å². The highest BCUT2D eigenvalue weighted by molar-refractivity contribution is 5.42. The van der Waals surface area contributed by atoms with Gasteiger partial charge in [0.05, 0.1) is 13.7 Å². The minimum absolute atomic E-state index is 0.0577. The quantitative estimate of drug-likeness (QED) is 0.849. The molecule has 0 bridgehead atoms. The molecule has 2 aromatic rings. The third-order valence-corrected chi connectivity index (χ3v) is 3.67. The minimum atomic E-state index is -0.217. The van der Waals surface area contributed by atoms with E-state index < -0.39 is 0 Å². The molecule has 118 valence electrons. The average Bonchev–Trinajstić information content (AvgIpc) is 2.53. The van der Waals surface area contributed by atoms with Crippen LogP contribution in [-0.4, -0.2) is 20.3 Å². The molecule has 3 nitrogen and oxygen atoms in total. The van der Waals surface area contributed by atoms with Crippen LogP contribution in [0.25, 0.3) is 0 Å². The fourth-order valence-electron chi connectivity index (χ4n) is 2.41. The first-order valence-electron chi connectivity index (χ1n) is 7.37. The van der Waals surface area contributed by atoms with Gasteiger partial charge in [-0.1, -0.05) is 24.3 Å². The van der Waals surface area contributed by atoms with Crippen molar-refractivity contribution in [3.05, 3.63) is 59.4 Å². The lowest BCUT2D eigenvalue weighted by Gasteiger charge is -2.17. The number of ether oxygens (including phenoxy) is 2. The summed E-state index contributed by atoms with van der Waals surface area (Å²) in [5, 5.41) is 0. The van der Waals surface area contributed by atoms with Crippen LogP contribution in [0.2, 0.25) is 0 Å². The van der Waals surface area contributed by atoms with E-state index in [1.54, 1.807) is 19.2 Å². The summed E-state index contributed by atoms with van der Waals surface area (Å²) in [7, 11) is 1.61. The highest BCUT2D eigenvalue weighted by Gasteiger charge is 2.14. The predicted octanol–water partition coefficient (Wildman–Crippen LogP) is 3.65. The van der Waals surface area contributed by atoms with Crippen molar-refractivity contribution in [2.75, 3.05) is 20.3 Å². The van der Waals surface area contributed by atoms with E-state index in [-0.39, 0.29) is 11.7 Å². The third-order valence-electron chi connectivity index (χ3n) is 3.67. The Morgan fingerprint density at radius 1 is 1.14 bits per heavy atom. The highest BCUT2D eigenvalue weighted by Crippen LogP contribution is 2.29. The molecule has 0 spiro atoms. The van der Waals surface area contributed by atoms with Crippen LogP contribution < -0.4 is 15.2 Å². The Morgan fingerprint density at radius 3 is 2.59 bits per heavy atom. The summed E-state index contributed by atoms with van der Waals surface area (Å²) < 4.78 is 24.9. The Morgan fingerprint density at radius 2 is 1.91 bits per heavy atom.